The van der Waals surface area contributed by atoms with E-state index in [0.29, 0.717) is 24.9 Å². The largest absolute Gasteiger partial charge is 0.494 e. The van der Waals surface area contributed by atoms with Crippen LogP contribution < -0.4 is 10.1 Å². The minimum atomic E-state index is 0.140. The van der Waals surface area contributed by atoms with Gasteiger partial charge in [0.2, 0.25) is 5.82 Å². The van der Waals surface area contributed by atoms with Crippen molar-refractivity contribution in [2.45, 2.75) is 32.7 Å². The lowest BCUT2D eigenvalue weighted by atomic mass is 10.0. The number of nitrogens with one attached hydrogen (secondary N) is 1. The van der Waals surface area contributed by atoms with Gasteiger partial charge in [0, 0.05) is 23.7 Å². The van der Waals surface area contributed by atoms with E-state index in [9.17, 15) is 0 Å². The highest BCUT2D eigenvalue weighted by molar-refractivity contribution is 5.66. The second-order valence-corrected chi connectivity index (χ2v) is 6.98. The van der Waals surface area contributed by atoms with Gasteiger partial charge < -0.3 is 19.7 Å². The third-order valence-corrected chi connectivity index (χ3v) is 5.16. The number of aliphatic hydroxyl groups excluding tert-OH is 1. The second-order valence-electron chi connectivity index (χ2n) is 6.98. The molecule has 1 aromatic heterocycles. The van der Waals surface area contributed by atoms with E-state index in [4.69, 9.17) is 14.4 Å². The van der Waals surface area contributed by atoms with Crippen LogP contribution >= 0.6 is 0 Å². The van der Waals surface area contributed by atoms with Crippen molar-refractivity contribution >= 4 is 0 Å². The van der Waals surface area contributed by atoms with Gasteiger partial charge in [0.05, 0.1) is 13.2 Å². The van der Waals surface area contributed by atoms with Crippen LogP contribution in [-0.2, 0) is 6.42 Å². The van der Waals surface area contributed by atoms with E-state index in [2.05, 4.69) is 21.5 Å². The van der Waals surface area contributed by atoms with E-state index in [1.54, 1.807) is 0 Å². The van der Waals surface area contributed by atoms with Crippen LogP contribution in [0.15, 0.2) is 40.9 Å². The zero-order valence-corrected chi connectivity index (χ0v) is 16.2. The van der Waals surface area contributed by atoms with E-state index in [-0.39, 0.29) is 12.6 Å². The fourth-order valence-corrected chi connectivity index (χ4v) is 3.86. The van der Waals surface area contributed by atoms with Crippen molar-refractivity contribution in [3.63, 3.8) is 0 Å². The summed E-state index contributed by atoms with van der Waals surface area (Å²) in [6.07, 6.45) is 1.97. The van der Waals surface area contributed by atoms with Gasteiger partial charge in [-0.2, -0.15) is 4.98 Å². The molecule has 6 heteroatoms. The molecule has 4 rings (SSSR count). The number of aryl methyl sites for hydroxylation is 1. The number of aromatic nitrogens is 2. The van der Waals surface area contributed by atoms with Crippen LogP contribution in [0.4, 0.5) is 0 Å². The minimum absolute atomic E-state index is 0.140. The minimum Gasteiger partial charge on any atom is -0.494 e. The average Bonchev–Trinajstić information content (AvgIpc) is 3.35. The van der Waals surface area contributed by atoms with Crippen LogP contribution in [0.5, 0.6) is 5.75 Å². The summed E-state index contributed by atoms with van der Waals surface area (Å²) in [4.78, 5) is 4.65. The summed E-state index contributed by atoms with van der Waals surface area (Å²) in [6, 6.07) is 12.4. The Morgan fingerprint density at radius 3 is 2.96 bits per heavy atom. The normalized spacial score (nSPS) is 15.6. The maximum Gasteiger partial charge on any atom is 0.258 e. The number of benzene rings is 2. The van der Waals surface area contributed by atoms with E-state index in [0.717, 1.165) is 35.3 Å². The van der Waals surface area contributed by atoms with Gasteiger partial charge in [0.1, 0.15) is 5.75 Å². The van der Waals surface area contributed by atoms with Crippen LogP contribution in [0.25, 0.3) is 22.8 Å². The third kappa shape index (κ3) is 3.53. The van der Waals surface area contributed by atoms with Gasteiger partial charge in [-0.3, -0.25) is 0 Å². The molecule has 0 bridgehead atoms. The molecule has 2 aromatic carbocycles. The summed E-state index contributed by atoms with van der Waals surface area (Å²) in [6.45, 7) is 5.35. The number of aliphatic hydroxyl groups is 1. The maximum absolute atomic E-state index is 9.08. The number of hydrogen-bond donors (Lipinski definition) is 2. The standard InChI is InChI=1S/C22H25N3O3/c1-3-27-20-10-7-15(13-14(20)2)22-24-21(25-28-22)18-6-4-5-17-16(18)8-9-19(17)23-11-12-26/h4-7,10,13,19,23,26H,3,8-9,11-12H2,1-2H3. The molecule has 0 saturated carbocycles. The monoisotopic (exact) mass is 379 g/mol. The Kier molecular flexibility index (Phi) is 5.41. The SMILES string of the molecule is CCOc1ccc(-c2nc(-c3cccc4c3CCC4NCCO)no2)cc1C. The Morgan fingerprint density at radius 2 is 2.18 bits per heavy atom. The number of hydrogen-bond acceptors (Lipinski definition) is 6. The summed E-state index contributed by atoms with van der Waals surface area (Å²) in [7, 11) is 0. The van der Waals surface area contributed by atoms with E-state index >= 15 is 0 Å². The van der Waals surface area contributed by atoms with Gasteiger partial charge in [0.15, 0.2) is 0 Å². The first-order valence-corrected chi connectivity index (χ1v) is 9.75. The van der Waals surface area contributed by atoms with Crippen LogP contribution in [0.3, 0.4) is 0 Å². The lowest BCUT2D eigenvalue weighted by Crippen LogP contribution is -2.22. The van der Waals surface area contributed by atoms with Crippen molar-refractivity contribution < 1.29 is 14.4 Å². The zero-order chi connectivity index (χ0) is 19.5. The van der Waals surface area contributed by atoms with E-state index in [1.807, 2.05) is 44.2 Å². The van der Waals surface area contributed by atoms with Crippen molar-refractivity contribution in [3.05, 3.63) is 53.1 Å². The van der Waals surface area contributed by atoms with Crippen molar-refractivity contribution in [2.24, 2.45) is 0 Å². The zero-order valence-electron chi connectivity index (χ0n) is 16.2. The number of ether oxygens (including phenoxy) is 1. The first kappa shape index (κ1) is 18.7. The molecule has 0 aliphatic heterocycles. The quantitative estimate of drug-likeness (QED) is 0.652. The molecular formula is C22H25N3O3. The average molecular weight is 379 g/mol. The predicted octanol–water partition coefficient (Wildman–Crippen LogP) is 3.68. The van der Waals surface area contributed by atoms with Crippen molar-refractivity contribution in [3.8, 4) is 28.6 Å². The third-order valence-electron chi connectivity index (χ3n) is 5.16. The lowest BCUT2D eigenvalue weighted by molar-refractivity contribution is 0.284. The first-order chi connectivity index (χ1) is 13.7. The Morgan fingerprint density at radius 1 is 1.29 bits per heavy atom. The van der Waals surface area contributed by atoms with Crippen LogP contribution in [0.1, 0.15) is 36.1 Å². The molecule has 6 nitrogen and oxygen atoms in total. The molecule has 0 saturated heterocycles. The van der Waals surface area contributed by atoms with Gasteiger partial charge in [0.25, 0.3) is 5.89 Å². The van der Waals surface area contributed by atoms with Crippen molar-refractivity contribution in [1.82, 2.24) is 15.5 Å². The summed E-state index contributed by atoms with van der Waals surface area (Å²) >= 11 is 0. The highest BCUT2D eigenvalue weighted by Crippen LogP contribution is 2.37. The molecule has 0 fully saturated rings. The van der Waals surface area contributed by atoms with Crippen LogP contribution in [0.2, 0.25) is 0 Å². The molecule has 1 unspecified atom stereocenters. The Bertz CT molecular complexity index is 967. The molecule has 0 radical (unpaired) electrons. The second kappa shape index (κ2) is 8.12. The van der Waals surface area contributed by atoms with Crippen molar-refractivity contribution in [1.29, 1.82) is 0 Å². The molecule has 146 valence electrons. The molecule has 28 heavy (non-hydrogen) atoms. The summed E-state index contributed by atoms with van der Waals surface area (Å²) in [5.74, 6) is 1.99. The van der Waals surface area contributed by atoms with Gasteiger partial charge in [-0.15, -0.1) is 0 Å². The van der Waals surface area contributed by atoms with Gasteiger partial charge in [-0.05, 0) is 61.6 Å². The van der Waals surface area contributed by atoms with Crippen LogP contribution in [-0.4, -0.2) is 35.0 Å². The van der Waals surface area contributed by atoms with Gasteiger partial charge in [-0.25, -0.2) is 0 Å². The maximum atomic E-state index is 9.08. The summed E-state index contributed by atoms with van der Waals surface area (Å²) < 4.78 is 11.2. The Balaban J connectivity index is 1.62. The number of fused-ring (bicyclic) bond motifs is 1. The van der Waals surface area contributed by atoms with E-state index < -0.39 is 0 Å². The topological polar surface area (TPSA) is 80.4 Å². The van der Waals surface area contributed by atoms with E-state index in [1.165, 1.54) is 11.1 Å². The Hall–Kier alpha value is -2.70. The fourth-order valence-electron chi connectivity index (χ4n) is 3.86. The van der Waals surface area contributed by atoms with Crippen molar-refractivity contribution in [2.75, 3.05) is 19.8 Å². The predicted molar refractivity (Wildman–Crippen MR) is 107 cm³/mol. The fraction of sp³-hybridized carbons (Fsp3) is 0.364. The molecule has 0 amide bonds. The highest BCUT2D eigenvalue weighted by atomic mass is 16.5. The smallest absolute Gasteiger partial charge is 0.258 e. The van der Waals surface area contributed by atoms with Crippen LogP contribution in [0, 0.1) is 6.92 Å². The molecule has 0 spiro atoms. The molecular weight excluding hydrogens is 354 g/mol. The molecule has 2 N–H and O–H groups in total. The highest BCUT2D eigenvalue weighted by Gasteiger charge is 2.26. The molecule has 1 heterocycles. The van der Waals surface area contributed by atoms with Gasteiger partial charge >= 0.3 is 0 Å². The summed E-state index contributed by atoms with van der Waals surface area (Å²) in [5, 5.41) is 16.7. The molecule has 1 aliphatic rings. The molecule has 1 atom stereocenters. The van der Waals surface area contributed by atoms with Gasteiger partial charge in [-0.1, -0.05) is 23.4 Å². The molecule has 1 aliphatic carbocycles. The number of nitrogens with zero attached hydrogens (tertiary/aromatic N) is 2. The first-order valence-electron chi connectivity index (χ1n) is 9.75. The molecule has 3 aromatic rings. The lowest BCUT2D eigenvalue weighted by Gasteiger charge is -2.13. The summed E-state index contributed by atoms with van der Waals surface area (Å²) in [5.41, 5.74) is 5.46. The Labute approximate surface area is 164 Å². The number of rotatable bonds is 7.